The number of rotatable bonds is 18. The lowest BCUT2D eigenvalue weighted by Crippen LogP contribution is -1.86. The largest absolute Gasteiger partial charge is 0.0991 e. The highest BCUT2D eigenvalue weighted by atomic mass is 33.1. The molecule has 0 aliphatic heterocycles. The zero-order chi connectivity index (χ0) is 18.6. The minimum Gasteiger partial charge on any atom is -0.0991 e. The Morgan fingerprint density at radius 3 is 2.00 bits per heavy atom. The molecule has 0 radical (unpaired) electrons. The molecular formula is C23H40S2. The normalized spacial score (nSPS) is 12.4. The van der Waals surface area contributed by atoms with Gasteiger partial charge in [-0.05, 0) is 30.9 Å². The Morgan fingerprint density at radius 1 is 0.800 bits per heavy atom. The Bertz CT molecular complexity index is 380. The van der Waals surface area contributed by atoms with Crippen molar-refractivity contribution in [2.24, 2.45) is 0 Å². The molecule has 0 heterocycles. The van der Waals surface area contributed by atoms with Crippen LogP contribution in [-0.2, 0) is 0 Å². The average molecular weight is 381 g/mol. The van der Waals surface area contributed by atoms with Gasteiger partial charge in [-0.3, -0.25) is 0 Å². The van der Waals surface area contributed by atoms with E-state index in [1.807, 2.05) is 33.7 Å². The molecule has 0 aromatic rings. The Morgan fingerprint density at radius 2 is 1.40 bits per heavy atom. The second-order valence-electron chi connectivity index (χ2n) is 6.53. The van der Waals surface area contributed by atoms with Gasteiger partial charge in [0.05, 0.1) is 0 Å². The summed E-state index contributed by atoms with van der Waals surface area (Å²) in [7, 11) is 3.89. The van der Waals surface area contributed by atoms with Crippen LogP contribution in [0.2, 0.25) is 0 Å². The lowest BCUT2D eigenvalue weighted by molar-refractivity contribution is 0.576. The first-order valence-electron chi connectivity index (χ1n) is 10.2. The van der Waals surface area contributed by atoms with Crippen LogP contribution in [0.4, 0.5) is 0 Å². The molecule has 0 atom stereocenters. The fourth-order valence-corrected chi connectivity index (χ4v) is 5.07. The third-order valence-corrected chi connectivity index (χ3v) is 6.77. The molecular weight excluding hydrogens is 340 g/mol. The van der Waals surface area contributed by atoms with Crippen LogP contribution in [0.1, 0.15) is 90.9 Å². The number of allylic oxidation sites excluding steroid dienone is 5. The molecule has 0 N–H and O–H groups in total. The van der Waals surface area contributed by atoms with E-state index in [4.69, 9.17) is 0 Å². The fourth-order valence-electron chi connectivity index (χ4n) is 2.64. The van der Waals surface area contributed by atoms with E-state index in [-0.39, 0.29) is 0 Å². The summed E-state index contributed by atoms with van der Waals surface area (Å²) in [6.07, 6.45) is 24.2. The third-order valence-electron chi connectivity index (χ3n) is 4.23. The maximum absolute atomic E-state index is 4.06. The van der Waals surface area contributed by atoms with E-state index in [2.05, 4.69) is 39.2 Å². The van der Waals surface area contributed by atoms with Crippen molar-refractivity contribution >= 4 is 21.6 Å². The summed E-state index contributed by atoms with van der Waals surface area (Å²) in [5, 5.41) is 0. The van der Waals surface area contributed by atoms with Crippen LogP contribution in [0.5, 0.6) is 0 Å². The molecule has 0 aliphatic rings. The minimum absolute atomic E-state index is 1.15. The first-order valence-corrected chi connectivity index (χ1v) is 12.6. The molecule has 0 bridgehead atoms. The zero-order valence-corrected chi connectivity index (χ0v) is 18.4. The molecule has 144 valence electrons. The topological polar surface area (TPSA) is 0 Å². The second kappa shape index (κ2) is 20.0. The van der Waals surface area contributed by atoms with Crippen LogP contribution < -0.4 is 0 Å². The van der Waals surface area contributed by atoms with Crippen molar-refractivity contribution in [3.8, 4) is 0 Å². The lowest BCUT2D eigenvalue weighted by Gasteiger charge is -2.09. The van der Waals surface area contributed by atoms with Crippen molar-refractivity contribution in [1.29, 1.82) is 0 Å². The summed E-state index contributed by atoms with van der Waals surface area (Å²) in [5.41, 5.74) is 1.40. The van der Waals surface area contributed by atoms with Crippen molar-refractivity contribution in [1.82, 2.24) is 0 Å². The van der Waals surface area contributed by atoms with Crippen LogP contribution >= 0.6 is 21.6 Å². The van der Waals surface area contributed by atoms with Gasteiger partial charge in [0.1, 0.15) is 0 Å². The molecule has 0 aliphatic carbocycles. The molecule has 0 aromatic carbocycles. The number of unbranched alkanes of at least 4 members (excludes halogenated alkanes) is 9. The fraction of sp³-hybridized carbons (Fsp3) is 0.652. The molecule has 2 heteroatoms. The molecule has 0 saturated carbocycles. The van der Waals surface area contributed by atoms with Gasteiger partial charge >= 0.3 is 0 Å². The van der Waals surface area contributed by atoms with Crippen molar-refractivity contribution < 1.29 is 0 Å². The molecule has 0 saturated heterocycles. The molecule has 0 fully saturated rings. The molecule has 0 aromatic heterocycles. The highest BCUT2D eigenvalue weighted by Crippen LogP contribution is 2.35. The van der Waals surface area contributed by atoms with Crippen LogP contribution in [-0.4, -0.2) is 5.75 Å². The minimum atomic E-state index is 1.15. The van der Waals surface area contributed by atoms with Crippen LogP contribution in [0.3, 0.4) is 0 Å². The standard InChI is InChI=1S/C23H40S2/c1-5-9-12-13-14-15-16-17-19-22(8-4)23(20-11-7-3)25-24-21-18-10-6-2/h7-8,11,20H,3-6,9-10,12-19,21H2,1-2H3/b20-11-,23-22-. The van der Waals surface area contributed by atoms with Gasteiger partial charge in [0.2, 0.25) is 0 Å². The van der Waals surface area contributed by atoms with Crippen LogP contribution in [0.25, 0.3) is 0 Å². The van der Waals surface area contributed by atoms with Gasteiger partial charge in [0.25, 0.3) is 0 Å². The van der Waals surface area contributed by atoms with Gasteiger partial charge in [0, 0.05) is 10.7 Å². The monoisotopic (exact) mass is 380 g/mol. The quantitative estimate of drug-likeness (QED) is 0.132. The van der Waals surface area contributed by atoms with E-state index in [0.717, 1.165) is 6.42 Å². The molecule has 0 unspecified atom stereocenters. The Labute approximate surface area is 166 Å². The van der Waals surface area contributed by atoms with Crippen molar-refractivity contribution in [3.63, 3.8) is 0 Å². The molecule has 25 heavy (non-hydrogen) atoms. The van der Waals surface area contributed by atoms with Crippen molar-refractivity contribution in [2.75, 3.05) is 5.75 Å². The highest BCUT2D eigenvalue weighted by molar-refractivity contribution is 8.78. The molecule has 0 spiro atoms. The van der Waals surface area contributed by atoms with Crippen LogP contribution in [0.15, 0.2) is 47.9 Å². The van der Waals surface area contributed by atoms with E-state index < -0.39 is 0 Å². The first kappa shape index (κ1) is 24.7. The third kappa shape index (κ3) is 15.6. The van der Waals surface area contributed by atoms with Gasteiger partial charge < -0.3 is 0 Å². The van der Waals surface area contributed by atoms with Gasteiger partial charge in [0.15, 0.2) is 0 Å². The van der Waals surface area contributed by atoms with Gasteiger partial charge in [-0.15, -0.1) is 0 Å². The summed E-state index contributed by atoms with van der Waals surface area (Å²) < 4.78 is 0. The highest BCUT2D eigenvalue weighted by Gasteiger charge is 2.03. The van der Waals surface area contributed by atoms with E-state index in [0.29, 0.717) is 0 Å². The summed E-state index contributed by atoms with van der Waals surface area (Å²) in [6, 6.07) is 0. The second-order valence-corrected chi connectivity index (χ2v) is 8.98. The van der Waals surface area contributed by atoms with Crippen molar-refractivity contribution in [3.05, 3.63) is 47.9 Å². The van der Waals surface area contributed by atoms with Crippen molar-refractivity contribution in [2.45, 2.75) is 90.9 Å². The Hall–Kier alpha value is -0.340. The molecule has 0 rings (SSSR count). The Kier molecular flexibility index (Phi) is 19.7. The van der Waals surface area contributed by atoms with Gasteiger partial charge in [-0.2, -0.15) is 0 Å². The summed E-state index contributed by atoms with van der Waals surface area (Å²) in [4.78, 5) is 1.36. The zero-order valence-electron chi connectivity index (χ0n) is 16.7. The predicted octanol–water partition coefficient (Wildman–Crippen LogP) is 9.27. The predicted molar refractivity (Wildman–Crippen MR) is 123 cm³/mol. The van der Waals surface area contributed by atoms with E-state index in [1.54, 1.807) is 0 Å². The maximum Gasteiger partial charge on any atom is 0.0214 e. The van der Waals surface area contributed by atoms with E-state index >= 15 is 0 Å². The summed E-state index contributed by atoms with van der Waals surface area (Å²) in [6.45, 7) is 12.4. The summed E-state index contributed by atoms with van der Waals surface area (Å²) in [5.74, 6) is 1.23. The van der Waals surface area contributed by atoms with Gasteiger partial charge in [-0.25, -0.2) is 0 Å². The SMILES string of the molecule is C=C/C=C\C(SSCCCCC)=C(/C=C)CCCCCCCCCC. The van der Waals surface area contributed by atoms with E-state index in [1.165, 1.54) is 86.9 Å². The number of hydrogen-bond donors (Lipinski definition) is 0. The van der Waals surface area contributed by atoms with E-state index in [9.17, 15) is 0 Å². The lowest BCUT2D eigenvalue weighted by atomic mass is 10.0. The van der Waals surface area contributed by atoms with Crippen LogP contribution in [0, 0.1) is 0 Å². The smallest absolute Gasteiger partial charge is 0.0214 e. The summed E-state index contributed by atoms with van der Waals surface area (Å²) >= 11 is 0. The number of hydrogen-bond acceptors (Lipinski definition) is 2. The maximum atomic E-state index is 4.06. The molecule has 0 amide bonds. The average Bonchev–Trinajstić information content (AvgIpc) is 2.63. The Balaban J connectivity index is 4.25. The molecule has 0 nitrogen and oxygen atoms in total. The van der Waals surface area contributed by atoms with Gasteiger partial charge in [-0.1, -0.05) is 125 Å². The first-order chi connectivity index (χ1) is 12.3.